The van der Waals surface area contributed by atoms with Crippen LogP contribution in [0.15, 0.2) is 66.7 Å². The number of H-pyrrole nitrogens is 1. The molecule has 1 aliphatic heterocycles. The van der Waals surface area contributed by atoms with E-state index < -0.39 is 0 Å². The molecule has 0 amide bonds. The van der Waals surface area contributed by atoms with Crippen LogP contribution in [0.1, 0.15) is 12.5 Å². The first kappa shape index (κ1) is 21.3. The van der Waals surface area contributed by atoms with Crippen LogP contribution in [0.2, 0.25) is 0 Å². The number of aromatic amines is 1. The lowest BCUT2D eigenvalue weighted by molar-refractivity contribution is 0.200. The second kappa shape index (κ2) is 9.55. The Morgan fingerprint density at radius 1 is 0.970 bits per heavy atom. The predicted octanol–water partition coefficient (Wildman–Crippen LogP) is 4.70. The van der Waals surface area contributed by atoms with E-state index in [9.17, 15) is 5.11 Å². The summed E-state index contributed by atoms with van der Waals surface area (Å²) in [4.78, 5) is 13.4. The molecule has 6 nitrogen and oxygen atoms in total. The number of nitrogens with one attached hydrogen (secondary N) is 1. The van der Waals surface area contributed by atoms with Crippen molar-refractivity contribution in [3.63, 3.8) is 0 Å². The van der Waals surface area contributed by atoms with Gasteiger partial charge in [0.1, 0.15) is 29.4 Å². The van der Waals surface area contributed by atoms with Crippen molar-refractivity contribution in [3.8, 4) is 22.9 Å². The fourth-order valence-corrected chi connectivity index (χ4v) is 4.39. The lowest BCUT2D eigenvalue weighted by Gasteiger charge is -2.36. The molecule has 0 radical (unpaired) electrons. The molecule has 0 bridgehead atoms. The first-order chi connectivity index (χ1) is 16.2. The van der Waals surface area contributed by atoms with Crippen molar-refractivity contribution < 1.29 is 9.84 Å². The molecule has 0 atom stereocenters. The van der Waals surface area contributed by atoms with E-state index >= 15 is 0 Å². The first-order valence-electron chi connectivity index (χ1n) is 11.7. The average Bonchev–Trinajstić information content (AvgIpc) is 3.30. The highest BCUT2D eigenvalue weighted by molar-refractivity contribution is 5.91. The van der Waals surface area contributed by atoms with Gasteiger partial charge in [-0.05, 0) is 54.4 Å². The lowest BCUT2D eigenvalue weighted by atomic mass is 10.1. The van der Waals surface area contributed by atoms with E-state index in [0.29, 0.717) is 6.61 Å². The molecule has 1 aliphatic rings. The Morgan fingerprint density at radius 3 is 2.55 bits per heavy atom. The number of piperazine rings is 1. The Kier molecular flexibility index (Phi) is 6.17. The van der Waals surface area contributed by atoms with E-state index in [4.69, 9.17) is 9.72 Å². The zero-order valence-corrected chi connectivity index (χ0v) is 19.0. The predicted molar refractivity (Wildman–Crippen MR) is 133 cm³/mol. The molecule has 0 aliphatic carbocycles. The van der Waals surface area contributed by atoms with Gasteiger partial charge in [0.05, 0.1) is 11.2 Å². The number of fused-ring (bicyclic) bond motifs is 1. The van der Waals surface area contributed by atoms with Crippen molar-refractivity contribution in [2.24, 2.45) is 0 Å². The van der Waals surface area contributed by atoms with Crippen molar-refractivity contribution in [3.05, 3.63) is 72.3 Å². The molecule has 2 heterocycles. The summed E-state index contributed by atoms with van der Waals surface area (Å²) >= 11 is 0. The van der Waals surface area contributed by atoms with Crippen LogP contribution in [0, 0.1) is 0 Å². The van der Waals surface area contributed by atoms with E-state index in [2.05, 4.69) is 64.2 Å². The number of hydrogen-bond donors (Lipinski definition) is 2. The number of imidazole rings is 1. The molecule has 5 rings (SSSR count). The van der Waals surface area contributed by atoms with Gasteiger partial charge in [0.25, 0.3) is 0 Å². The maximum atomic E-state index is 9.38. The number of para-hydroxylation sites is 1. The number of aryl methyl sites for hydroxylation is 1. The number of benzene rings is 3. The van der Waals surface area contributed by atoms with E-state index in [1.807, 2.05) is 0 Å². The van der Waals surface area contributed by atoms with Crippen molar-refractivity contribution >= 4 is 16.7 Å². The summed E-state index contributed by atoms with van der Waals surface area (Å²) in [7, 11) is 0. The molecule has 6 heteroatoms. The van der Waals surface area contributed by atoms with Crippen LogP contribution in [0.4, 0.5) is 5.69 Å². The number of nitrogens with zero attached hydrogens (tertiary/aromatic N) is 3. The van der Waals surface area contributed by atoms with Crippen LogP contribution >= 0.6 is 0 Å². The van der Waals surface area contributed by atoms with Crippen LogP contribution in [0.3, 0.4) is 0 Å². The SMILES string of the molecule is CCc1cccc(-c2nc3c(N4CCN(CCOc5ccc(O)cc5)CC4)cccc3[nH]2)c1. The van der Waals surface area contributed by atoms with Crippen LogP contribution < -0.4 is 9.64 Å². The molecule has 1 fully saturated rings. The zero-order chi connectivity index (χ0) is 22.6. The molecule has 0 saturated carbocycles. The van der Waals surface area contributed by atoms with Gasteiger partial charge in [0.15, 0.2) is 0 Å². The van der Waals surface area contributed by atoms with E-state index in [1.54, 1.807) is 24.3 Å². The minimum absolute atomic E-state index is 0.256. The van der Waals surface area contributed by atoms with E-state index in [1.165, 1.54) is 11.3 Å². The van der Waals surface area contributed by atoms with Gasteiger partial charge in [0.2, 0.25) is 0 Å². The fraction of sp³-hybridized carbons (Fsp3) is 0.296. The number of anilines is 1. The van der Waals surface area contributed by atoms with Crippen molar-refractivity contribution in [2.75, 3.05) is 44.2 Å². The van der Waals surface area contributed by atoms with Gasteiger partial charge in [-0.1, -0.05) is 31.2 Å². The Balaban J connectivity index is 1.23. The number of ether oxygens (including phenoxy) is 1. The van der Waals surface area contributed by atoms with Gasteiger partial charge in [-0.15, -0.1) is 0 Å². The molecular weight excluding hydrogens is 412 g/mol. The largest absolute Gasteiger partial charge is 0.508 e. The third kappa shape index (κ3) is 4.81. The highest BCUT2D eigenvalue weighted by atomic mass is 16.5. The third-order valence-electron chi connectivity index (χ3n) is 6.33. The Bertz CT molecular complexity index is 1210. The molecule has 33 heavy (non-hydrogen) atoms. The molecule has 0 unspecified atom stereocenters. The highest BCUT2D eigenvalue weighted by Gasteiger charge is 2.20. The summed E-state index contributed by atoms with van der Waals surface area (Å²) in [5, 5.41) is 9.38. The molecule has 2 N–H and O–H groups in total. The van der Waals surface area contributed by atoms with Gasteiger partial charge in [0, 0.05) is 38.3 Å². The van der Waals surface area contributed by atoms with Gasteiger partial charge in [-0.3, -0.25) is 4.90 Å². The Morgan fingerprint density at radius 2 is 1.76 bits per heavy atom. The maximum absolute atomic E-state index is 9.38. The summed E-state index contributed by atoms with van der Waals surface area (Å²) in [6, 6.07) is 21.9. The number of phenols is 1. The topological polar surface area (TPSA) is 64.6 Å². The smallest absolute Gasteiger partial charge is 0.138 e. The number of rotatable bonds is 7. The van der Waals surface area contributed by atoms with Gasteiger partial charge < -0.3 is 19.7 Å². The molecule has 170 valence electrons. The van der Waals surface area contributed by atoms with E-state index in [-0.39, 0.29) is 5.75 Å². The molecule has 4 aromatic rings. The Labute approximate surface area is 194 Å². The van der Waals surface area contributed by atoms with Crippen LogP contribution in [-0.2, 0) is 6.42 Å². The summed E-state index contributed by atoms with van der Waals surface area (Å²) in [5.41, 5.74) is 5.77. The number of aromatic hydroxyl groups is 1. The van der Waals surface area contributed by atoms with Crippen molar-refractivity contribution in [2.45, 2.75) is 13.3 Å². The summed E-state index contributed by atoms with van der Waals surface area (Å²) in [6.45, 7) is 7.61. The fourth-order valence-electron chi connectivity index (χ4n) is 4.39. The third-order valence-corrected chi connectivity index (χ3v) is 6.33. The minimum Gasteiger partial charge on any atom is -0.508 e. The minimum atomic E-state index is 0.256. The van der Waals surface area contributed by atoms with E-state index in [0.717, 1.165) is 67.3 Å². The van der Waals surface area contributed by atoms with Crippen LogP contribution in [0.5, 0.6) is 11.5 Å². The quantitative estimate of drug-likeness (QED) is 0.434. The monoisotopic (exact) mass is 442 g/mol. The number of aromatic nitrogens is 2. The Hall–Kier alpha value is -3.51. The summed E-state index contributed by atoms with van der Waals surface area (Å²) in [5.74, 6) is 1.97. The molecule has 3 aromatic carbocycles. The maximum Gasteiger partial charge on any atom is 0.138 e. The standard InChI is InChI=1S/C27H30N4O2/c1-2-20-5-3-6-21(19-20)27-28-24-7-4-8-25(26(24)29-27)31-15-13-30(14-16-31)17-18-33-23-11-9-22(32)10-12-23/h3-12,19,32H,2,13-18H2,1H3,(H,28,29). The van der Waals surface area contributed by atoms with Crippen LogP contribution in [0.25, 0.3) is 22.4 Å². The van der Waals surface area contributed by atoms with Crippen molar-refractivity contribution in [1.82, 2.24) is 14.9 Å². The van der Waals surface area contributed by atoms with Gasteiger partial charge in [-0.25, -0.2) is 4.98 Å². The lowest BCUT2D eigenvalue weighted by Crippen LogP contribution is -2.47. The average molecular weight is 443 g/mol. The second-order valence-corrected chi connectivity index (χ2v) is 8.48. The van der Waals surface area contributed by atoms with Gasteiger partial charge in [-0.2, -0.15) is 0 Å². The van der Waals surface area contributed by atoms with Crippen LogP contribution in [-0.4, -0.2) is 59.3 Å². The van der Waals surface area contributed by atoms with Crippen molar-refractivity contribution in [1.29, 1.82) is 0 Å². The summed E-state index contributed by atoms with van der Waals surface area (Å²) < 4.78 is 5.81. The number of phenolic OH excluding ortho intramolecular Hbond substituents is 1. The molecule has 1 aromatic heterocycles. The molecule has 1 saturated heterocycles. The molecule has 0 spiro atoms. The van der Waals surface area contributed by atoms with Gasteiger partial charge >= 0.3 is 0 Å². The molecular formula is C27H30N4O2. The highest BCUT2D eigenvalue weighted by Crippen LogP contribution is 2.29. The first-order valence-corrected chi connectivity index (χ1v) is 11.7. The second-order valence-electron chi connectivity index (χ2n) is 8.48. The zero-order valence-electron chi connectivity index (χ0n) is 19.0. The summed E-state index contributed by atoms with van der Waals surface area (Å²) in [6.07, 6.45) is 1.02. The normalized spacial score (nSPS) is 14.6. The number of hydrogen-bond acceptors (Lipinski definition) is 5.